The topological polar surface area (TPSA) is 48.5 Å². The summed E-state index contributed by atoms with van der Waals surface area (Å²) in [5, 5.41) is 2.92. The van der Waals surface area contributed by atoms with Gasteiger partial charge in [0.2, 0.25) is 0 Å². The van der Waals surface area contributed by atoms with Crippen molar-refractivity contribution in [3.63, 3.8) is 0 Å². The minimum atomic E-state index is -0.147. The number of amides is 1. The van der Waals surface area contributed by atoms with Crippen molar-refractivity contribution >= 4 is 23.0 Å². The maximum Gasteiger partial charge on any atom is 0.257 e. The maximum atomic E-state index is 12.4. The molecule has 2 rings (SSSR count). The van der Waals surface area contributed by atoms with Crippen LogP contribution in [-0.4, -0.2) is 38.6 Å². The fourth-order valence-electron chi connectivity index (χ4n) is 2.33. The fraction of sp³-hybridized carbons (Fsp3) is 0.368. The van der Waals surface area contributed by atoms with Crippen molar-refractivity contribution in [2.45, 2.75) is 19.8 Å². The molecule has 0 aliphatic heterocycles. The Morgan fingerprint density at radius 2 is 1.79 bits per heavy atom. The van der Waals surface area contributed by atoms with E-state index in [4.69, 9.17) is 0 Å². The average Bonchev–Trinajstić information content (AvgIpc) is 2.60. The largest absolute Gasteiger partial charge is 0.378 e. The van der Waals surface area contributed by atoms with Crippen LogP contribution in [0, 0.1) is 0 Å². The minimum Gasteiger partial charge on any atom is -0.378 e. The van der Waals surface area contributed by atoms with Crippen molar-refractivity contribution < 1.29 is 4.79 Å². The Morgan fingerprint density at radius 1 is 1.08 bits per heavy atom. The van der Waals surface area contributed by atoms with Crippen molar-refractivity contribution in [1.82, 2.24) is 4.98 Å². The highest BCUT2D eigenvalue weighted by Gasteiger charge is 2.09. The van der Waals surface area contributed by atoms with Crippen LogP contribution >= 0.6 is 0 Å². The number of carbonyl (C=O) groups is 1. The second-order valence-electron chi connectivity index (χ2n) is 6.10. The first-order chi connectivity index (χ1) is 11.5. The molecule has 0 saturated carbocycles. The van der Waals surface area contributed by atoms with E-state index in [0.717, 1.165) is 36.4 Å². The molecule has 128 valence electrons. The second-order valence-corrected chi connectivity index (χ2v) is 6.10. The minimum absolute atomic E-state index is 0.147. The van der Waals surface area contributed by atoms with E-state index in [1.54, 1.807) is 12.4 Å². The average molecular weight is 326 g/mol. The zero-order chi connectivity index (χ0) is 17.5. The first-order valence-corrected chi connectivity index (χ1v) is 8.26. The first-order valence-electron chi connectivity index (χ1n) is 8.26. The van der Waals surface area contributed by atoms with Crippen LogP contribution < -0.4 is 15.1 Å². The van der Waals surface area contributed by atoms with Gasteiger partial charge in [-0.1, -0.05) is 13.3 Å². The highest BCUT2D eigenvalue weighted by Crippen LogP contribution is 2.18. The molecule has 1 N–H and O–H groups in total. The van der Waals surface area contributed by atoms with Crippen LogP contribution in [0.25, 0.3) is 0 Å². The SMILES string of the molecule is CCCCN(C)c1cncc(C(=O)Nc2ccc(N(C)C)cc2)c1. The molecule has 0 aliphatic rings. The Balaban J connectivity index is 2.06. The molecule has 0 aliphatic carbocycles. The Hall–Kier alpha value is -2.56. The number of hydrogen-bond donors (Lipinski definition) is 1. The molecule has 5 nitrogen and oxygen atoms in total. The molecule has 0 radical (unpaired) electrons. The molecule has 2 aromatic rings. The van der Waals surface area contributed by atoms with E-state index < -0.39 is 0 Å². The molecule has 0 spiro atoms. The number of nitrogens with zero attached hydrogens (tertiary/aromatic N) is 3. The van der Waals surface area contributed by atoms with Gasteiger partial charge in [0.15, 0.2) is 0 Å². The molecule has 0 saturated heterocycles. The van der Waals surface area contributed by atoms with Crippen LogP contribution in [0.15, 0.2) is 42.7 Å². The van der Waals surface area contributed by atoms with Crippen molar-refractivity contribution in [3.05, 3.63) is 48.3 Å². The number of anilines is 3. The van der Waals surface area contributed by atoms with E-state index in [9.17, 15) is 4.79 Å². The molecule has 0 unspecified atom stereocenters. The Bertz CT molecular complexity index is 667. The van der Waals surface area contributed by atoms with E-state index in [1.165, 1.54) is 0 Å². The van der Waals surface area contributed by atoms with E-state index >= 15 is 0 Å². The van der Waals surface area contributed by atoms with E-state index in [0.29, 0.717) is 5.56 Å². The smallest absolute Gasteiger partial charge is 0.257 e. The third kappa shape index (κ3) is 4.72. The summed E-state index contributed by atoms with van der Waals surface area (Å²) in [7, 11) is 5.99. The van der Waals surface area contributed by atoms with Gasteiger partial charge in [-0.05, 0) is 36.8 Å². The molecule has 5 heteroatoms. The van der Waals surface area contributed by atoms with Gasteiger partial charge in [0.05, 0.1) is 17.4 Å². The third-order valence-corrected chi connectivity index (χ3v) is 3.92. The molecule has 1 aromatic heterocycles. The van der Waals surface area contributed by atoms with Gasteiger partial charge in [0.25, 0.3) is 5.91 Å². The third-order valence-electron chi connectivity index (χ3n) is 3.92. The van der Waals surface area contributed by atoms with Crippen LogP contribution in [0.3, 0.4) is 0 Å². The predicted octanol–water partition coefficient (Wildman–Crippen LogP) is 3.64. The lowest BCUT2D eigenvalue weighted by Crippen LogP contribution is -2.20. The van der Waals surface area contributed by atoms with Crippen molar-refractivity contribution in [2.24, 2.45) is 0 Å². The lowest BCUT2D eigenvalue weighted by molar-refractivity contribution is 0.102. The summed E-state index contributed by atoms with van der Waals surface area (Å²) in [6, 6.07) is 9.63. The maximum absolute atomic E-state index is 12.4. The number of carbonyl (C=O) groups excluding carboxylic acids is 1. The Kier molecular flexibility index (Phi) is 6.18. The van der Waals surface area contributed by atoms with Gasteiger partial charge >= 0.3 is 0 Å². The van der Waals surface area contributed by atoms with Gasteiger partial charge in [-0.2, -0.15) is 0 Å². The van der Waals surface area contributed by atoms with Crippen LogP contribution in [0.1, 0.15) is 30.1 Å². The molecular formula is C19H26N4O. The monoisotopic (exact) mass is 326 g/mol. The van der Waals surface area contributed by atoms with Gasteiger partial charge in [-0.25, -0.2) is 0 Å². The van der Waals surface area contributed by atoms with Crippen LogP contribution in [-0.2, 0) is 0 Å². The summed E-state index contributed by atoms with van der Waals surface area (Å²) in [5.41, 5.74) is 3.39. The molecule has 0 atom stereocenters. The number of aromatic nitrogens is 1. The highest BCUT2D eigenvalue weighted by molar-refractivity contribution is 6.04. The number of benzene rings is 1. The summed E-state index contributed by atoms with van der Waals surface area (Å²) in [5.74, 6) is -0.147. The van der Waals surface area contributed by atoms with E-state index in [-0.39, 0.29) is 5.91 Å². The second kappa shape index (κ2) is 8.34. The molecular weight excluding hydrogens is 300 g/mol. The summed E-state index contributed by atoms with van der Waals surface area (Å²) in [6.07, 6.45) is 5.64. The molecule has 1 heterocycles. The Labute approximate surface area is 144 Å². The lowest BCUT2D eigenvalue weighted by Gasteiger charge is -2.19. The molecule has 0 fully saturated rings. The quantitative estimate of drug-likeness (QED) is 0.844. The molecule has 24 heavy (non-hydrogen) atoms. The summed E-state index contributed by atoms with van der Waals surface area (Å²) < 4.78 is 0. The first kappa shape index (κ1) is 17.8. The molecule has 0 bridgehead atoms. The van der Waals surface area contributed by atoms with Crippen LogP contribution in [0.2, 0.25) is 0 Å². The number of pyridine rings is 1. The summed E-state index contributed by atoms with van der Waals surface area (Å²) in [6.45, 7) is 3.12. The lowest BCUT2D eigenvalue weighted by atomic mass is 10.2. The predicted molar refractivity (Wildman–Crippen MR) is 101 cm³/mol. The highest BCUT2D eigenvalue weighted by atomic mass is 16.1. The zero-order valence-corrected chi connectivity index (χ0v) is 14.9. The van der Waals surface area contributed by atoms with Crippen molar-refractivity contribution in [1.29, 1.82) is 0 Å². The van der Waals surface area contributed by atoms with E-state index in [1.807, 2.05) is 56.4 Å². The molecule has 1 aromatic carbocycles. The summed E-state index contributed by atoms with van der Waals surface area (Å²) >= 11 is 0. The number of hydrogen-bond acceptors (Lipinski definition) is 4. The zero-order valence-electron chi connectivity index (χ0n) is 14.9. The number of unbranched alkanes of at least 4 members (excludes halogenated alkanes) is 1. The van der Waals surface area contributed by atoms with Crippen LogP contribution in [0.5, 0.6) is 0 Å². The van der Waals surface area contributed by atoms with Gasteiger partial charge in [0, 0.05) is 45.3 Å². The number of rotatable bonds is 7. The van der Waals surface area contributed by atoms with Gasteiger partial charge in [-0.3, -0.25) is 9.78 Å². The van der Waals surface area contributed by atoms with Gasteiger partial charge in [0.1, 0.15) is 0 Å². The standard InChI is InChI=1S/C19H26N4O/c1-5-6-11-23(4)18-12-15(13-20-14-18)19(24)21-16-7-9-17(10-8-16)22(2)3/h7-10,12-14H,5-6,11H2,1-4H3,(H,21,24). The normalized spacial score (nSPS) is 10.3. The fourth-order valence-corrected chi connectivity index (χ4v) is 2.33. The number of nitrogens with one attached hydrogen (secondary N) is 1. The van der Waals surface area contributed by atoms with Crippen LogP contribution in [0.4, 0.5) is 17.1 Å². The molecule has 1 amide bonds. The van der Waals surface area contributed by atoms with Crippen molar-refractivity contribution in [3.8, 4) is 0 Å². The summed E-state index contributed by atoms with van der Waals surface area (Å²) in [4.78, 5) is 20.8. The Morgan fingerprint density at radius 3 is 2.42 bits per heavy atom. The van der Waals surface area contributed by atoms with Gasteiger partial charge in [-0.15, -0.1) is 0 Å². The van der Waals surface area contributed by atoms with Crippen molar-refractivity contribution in [2.75, 3.05) is 42.8 Å². The van der Waals surface area contributed by atoms with Gasteiger partial charge < -0.3 is 15.1 Å². The van der Waals surface area contributed by atoms with E-state index in [2.05, 4.69) is 22.1 Å².